The summed E-state index contributed by atoms with van der Waals surface area (Å²) in [4.78, 5) is 29.2. The van der Waals surface area contributed by atoms with E-state index in [0.29, 0.717) is 22.8 Å². The molecular formula is C21H19F2N3O3. The van der Waals surface area contributed by atoms with Crippen molar-refractivity contribution in [3.05, 3.63) is 81.8 Å². The van der Waals surface area contributed by atoms with Crippen LogP contribution in [-0.4, -0.2) is 22.6 Å². The quantitative estimate of drug-likeness (QED) is 0.692. The fraction of sp³-hybridized carbons (Fsp3) is 0.190. The number of aromatic nitrogens is 2. The lowest BCUT2D eigenvalue weighted by Gasteiger charge is -2.13. The van der Waals surface area contributed by atoms with Crippen molar-refractivity contribution in [1.29, 1.82) is 0 Å². The third kappa shape index (κ3) is 4.84. The average molecular weight is 399 g/mol. The lowest BCUT2D eigenvalue weighted by atomic mass is 10.2. The number of benzene rings is 2. The van der Waals surface area contributed by atoms with Gasteiger partial charge in [-0.2, -0.15) is 0 Å². The first-order chi connectivity index (χ1) is 13.9. The van der Waals surface area contributed by atoms with Crippen molar-refractivity contribution in [1.82, 2.24) is 14.9 Å². The molecule has 1 amide bonds. The van der Waals surface area contributed by atoms with Crippen molar-refractivity contribution in [2.45, 2.75) is 20.0 Å². The molecule has 0 saturated carbocycles. The molecule has 3 aromatic rings. The molecule has 0 fully saturated rings. The lowest BCUT2D eigenvalue weighted by Crippen LogP contribution is -2.33. The van der Waals surface area contributed by atoms with E-state index in [4.69, 9.17) is 4.74 Å². The van der Waals surface area contributed by atoms with Gasteiger partial charge in [0.15, 0.2) is 0 Å². The number of carbonyl (C=O) groups is 1. The molecule has 8 heteroatoms. The van der Waals surface area contributed by atoms with E-state index in [-0.39, 0.29) is 24.2 Å². The van der Waals surface area contributed by atoms with Gasteiger partial charge in [-0.3, -0.25) is 14.2 Å². The number of rotatable bonds is 6. The first-order valence-electron chi connectivity index (χ1n) is 8.81. The van der Waals surface area contributed by atoms with Gasteiger partial charge in [-0.25, -0.2) is 13.8 Å². The highest BCUT2D eigenvalue weighted by atomic mass is 19.1. The Morgan fingerprint density at radius 1 is 1.14 bits per heavy atom. The number of halogens is 2. The Balaban J connectivity index is 1.82. The number of carbonyl (C=O) groups excluding carboxylic acids is 1. The zero-order chi connectivity index (χ0) is 21.0. The zero-order valence-corrected chi connectivity index (χ0v) is 15.9. The second kappa shape index (κ2) is 8.64. The normalized spacial score (nSPS) is 10.6. The van der Waals surface area contributed by atoms with E-state index in [1.807, 2.05) is 0 Å². The smallest absolute Gasteiger partial charge is 0.254 e. The number of methoxy groups -OCH3 is 1. The minimum Gasteiger partial charge on any atom is -0.497 e. The first kappa shape index (κ1) is 20.2. The Morgan fingerprint density at radius 2 is 1.86 bits per heavy atom. The van der Waals surface area contributed by atoms with Gasteiger partial charge in [0.1, 0.15) is 29.8 Å². The second-order valence-electron chi connectivity index (χ2n) is 6.39. The molecule has 0 bridgehead atoms. The minimum atomic E-state index is -0.751. The van der Waals surface area contributed by atoms with Crippen LogP contribution in [0, 0.1) is 18.6 Å². The van der Waals surface area contributed by atoms with Gasteiger partial charge < -0.3 is 10.1 Å². The van der Waals surface area contributed by atoms with Gasteiger partial charge in [0, 0.05) is 35.5 Å². The highest BCUT2D eigenvalue weighted by molar-refractivity contribution is 5.76. The fourth-order valence-electron chi connectivity index (χ4n) is 2.79. The largest absolute Gasteiger partial charge is 0.497 e. The van der Waals surface area contributed by atoms with Crippen molar-refractivity contribution in [2.75, 3.05) is 7.11 Å². The number of nitrogens with one attached hydrogen (secondary N) is 1. The molecule has 0 aliphatic rings. The van der Waals surface area contributed by atoms with E-state index in [0.717, 1.165) is 12.1 Å². The topological polar surface area (TPSA) is 73.2 Å². The number of hydrogen-bond donors (Lipinski definition) is 1. The predicted molar refractivity (Wildman–Crippen MR) is 103 cm³/mol. The Morgan fingerprint density at radius 3 is 2.52 bits per heavy atom. The molecule has 0 spiro atoms. The number of ether oxygens (including phenoxy) is 1. The van der Waals surface area contributed by atoms with Crippen molar-refractivity contribution < 1.29 is 18.3 Å². The molecule has 1 heterocycles. The summed E-state index contributed by atoms with van der Waals surface area (Å²) < 4.78 is 33.1. The Labute approximate surface area is 165 Å². The summed E-state index contributed by atoms with van der Waals surface area (Å²) in [5, 5.41) is 2.54. The van der Waals surface area contributed by atoms with Gasteiger partial charge in [0.05, 0.1) is 7.11 Å². The van der Waals surface area contributed by atoms with Gasteiger partial charge in [-0.1, -0.05) is 6.07 Å². The van der Waals surface area contributed by atoms with Crippen LogP contribution in [0.2, 0.25) is 0 Å². The third-order valence-corrected chi connectivity index (χ3v) is 4.28. The SMILES string of the molecule is COc1ccc(-c2nc(C)cc(=O)n2CC(=O)NCc2ccc(F)cc2F)cc1. The molecule has 1 aromatic heterocycles. The summed E-state index contributed by atoms with van der Waals surface area (Å²) >= 11 is 0. The molecule has 3 rings (SSSR count). The Kier molecular flexibility index (Phi) is 6.01. The van der Waals surface area contributed by atoms with Crippen LogP contribution >= 0.6 is 0 Å². The van der Waals surface area contributed by atoms with Gasteiger partial charge >= 0.3 is 0 Å². The number of amides is 1. The number of nitrogens with zero attached hydrogens (tertiary/aromatic N) is 2. The molecule has 0 atom stereocenters. The standard InChI is InChI=1S/C21H19F2N3O3/c1-13-9-20(28)26(21(25-13)14-4-7-17(29-2)8-5-14)12-19(27)24-11-15-3-6-16(22)10-18(15)23/h3-10H,11-12H2,1-2H3,(H,24,27). The maximum Gasteiger partial charge on any atom is 0.254 e. The minimum absolute atomic E-state index is 0.128. The van der Waals surface area contributed by atoms with Crippen LogP contribution in [-0.2, 0) is 17.9 Å². The van der Waals surface area contributed by atoms with Crippen molar-refractivity contribution in [3.63, 3.8) is 0 Å². The molecule has 29 heavy (non-hydrogen) atoms. The van der Waals surface area contributed by atoms with E-state index in [2.05, 4.69) is 10.3 Å². The monoisotopic (exact) mass is 399 g/mol. The average Bonchev–Trinajstić information content (AvgIpc) is 2.69. The van der Waals surface area contributed by atoms with Gasteiger partial charge in [-0.15, -0.1) is 0 Å². The molecule has 0 aliphatic carbocycles. The summed E-state index contributed by atoms with van der Waals surface area (Å²) in [6, 6.07) is 11.4. The first-order valence-corrected chi connectivity index (χ1v) is 8.81. The lowest BCUT2D eigenvalue weighted by molar-refractivity contribution is -0.121. The molecule has 6 nitrogen and oxygen atoms in total. The summed E-state index contributed by atoms with van der Waals surface area (Å²) in [5.41, 5.74) is 0.922. The molecule has 0 radical (unpaired) electrons. The van der Waals surface area contributed by atoms with Crippen LogP contribution in [0.25, 0.3) is 11.4 Å². The van der Waals surface area contributed by atoms with Crippen LogP contribution in [0.4, 0.5) is 8.78 Å². The van der Waals surface area contributed by atoms with Crippen LogP contribution in [0.5, 0.6) is 5.75 Å². The highest BCUT2D eigenvalue weighted by Crippen LogP contribution is 2.20. The molecule has 1 N–H and O–H groups in total. The molecule has 2 aromatic carbocycles. The van der Waals surface area contributed by atoms with Crippen molar-refractivity contribution >= 4 is 5.91 Å². The second-order valence-corrected chi connectivity index (χ2v) is 6.39. The van der Waals surface area contributed by atoms with Crippen LogP contribution in [0.15, 0.2) is 53.3 Å². The van der Waals surface area contributed by atoms with Crippen LogP contribution in [0.3, 0.4) is 0 Å². The molecule has 150 valence electrons. The van der Waals surface area contributed by atoms with Crippen LogP contribution < -0.4 is 15.6 Å². The maximum absolute atomic E-state index is 13.7. The molecule has 0 aliphatic heterocycles. The van der Waals surface area contributed by atoms with E-state index < -0.39 is 17.5 Å². The van der Waals surface area contributed by atoms with E-state index in [1.54, 1.807) is 38.3 Å². The van der Waals surface area contributed by atoms with Crippen molar-refractivity contribution in [2.24, 2.45) is 0 Å². The Bertz CT molecular complexity index is 1100. The van der Waals surface area contributed by atoms with Gasteiger partial charge in [0.25, 0.3) is 5.56 Å². The summed E-state index contributed by atoms with van der Waals surface area (Å²) in [5.74, 6) is -0.969. The van der Waals surface area contributed by atoms with Gasteiger partial charge in [0.2, 0.25) is 5.91 Å². The van der Waals surface area contributed by atoms with E-state index >= 15 is 0 Å². The number of hydrogen-bond acceptors (Lipinski definition) is 4. The van der Waals surface area contributed by atoms with E-state index in [1.165, 1.54) is 16.7 Å². The van der Waals surface area contributed by atoms with Crippen molar-refractivity contribution in [3.8, 4) is 17.1 Å². The Hall–Kier alpha value is -3.55. The fourth-order valence-corrected chi connectivity index (χ4v) is 2.79. The van der Waals surface area contributed by atoms with Gasteiger partial charge in [-0.05, 0) is 37.3 Å². The maximum atomic E-state index is 13.7. The summed E-state index contributed by atoms with van der Waals surface area (Å²) in [6.07, 6.45) is 0. The zero-order valence-electron chi connectivity index (χ0n) is 15.9. The van der Waals surface area contributed by atoms with E-state index in [9.17, 15) is 18.4 Å². The summed E-state index contributed by atoms with van der Waals surface area (Å²) in [6.45, 7) is 1.27. The highest BCUT2D eigenvalue weighted by Gasteiger charge is 2.14. The number of aryl methyl sites for hydroxylation is 1. The summed E-state index contributed by atoms with van der Waals surface area (Å²) in [7, 11) is 1.55. The molecule has 0 saturated heterocycles. The third-order valence-electron chi connectivity index (χ3n) is 4.28. The molecule has 0 unspecified atom stereocenters. The molecular weight excluding hydrogens is 380 g/mol. The predicted octanol–water partition coefficient (Wildman–Crippen LogP) is 2.82. The van der Waals surface area contributed by atoms with Crippen LogP contribution in [0.1, 0.15) is 11.3 Å².